The summed E-state index contributed by atoms with van der Waals surface area (Å²) in [6.07, 6.45) is 23.1. The van der Waals surface area contributed by atoms with Gasteiger partial charge in [0.2, 0.25) is 0 Å². The third-order valence-electron chi connectivity index (χ3n) is 6.54. The van der Waals surface area contributed by atoms with Crippen LogP contribution in [0.5, 0.6) is 11.5 Å². The minimum Gasteiger partial charge on any atom is -0.872 e. The summed E-state index contributed by atoms with van der Waals surface area (Å²) < 4.78 is 0. The maximum atomic E-state index is 11.5. The molecule has 0 bridgehead atoms. The Morgan fingerprint density at radius 1 is 0.429 bits per heavy atom. The van der Waals surface area contributed by atoms with Gasteiger partial charge >= 0.3 is 37.7 Å². The smallest absolute Gasteiger partial charge is 0.872 e. The Labute approximate surface area is 246 Å². The van der Waals surface area contributed by atoms with Crippen LogP contribution < -0.4 is 10.2 Å². The third-order valence-corrected chi connectivity index (χ3v) is 6.54. The van der Waals surface area contributed by atoms with Crippen LogP contribution in [0, 0.1) is 0 Å². The van der Waals surface area contributed by atoms with Crippen LogP contribution in [0.3, 0.4) is 0 Å². The second kappa shape index (κ2) is 25.0. The van der Waals surface area contributed by atoms with Gasteiger partial charge in [-0.25, -0.2) is 0 Å². The van der Waals surface area contributed by atoms with E-state index in [0.29, 0.717) is 0 Å². The van der Waals surface area contributed by atoms with Gasteiger partial charge in [0.1, 0.15) is 0 Å². The van der Waals surface area contributed by atoms with Gasteiger partial charge in [0.15, 0.2) is 0 Å². The Morgan fingerprint density at radius 2 is 0.714 bits per heavy atom. The van der Waals surface area contributed by atoms with Crippen molar-refractivity contribution in [3.05, 3.63) is 59.7 Å². The Kier molecular flexibility index (Phi) is 24.5. The van der Waals surface area contributed by atoms with E-state index in [2.05, 4.69) is 13.8 Å². The molecular weight excluding hydrogens is 456 g/mol. The number of hydrogen-bond acceptors (Lipinski definition) is 2. The zero-order valence-corrected chi connectivity index (χ0v) is 25.1. The first-order valence-electron chi connectivity index (χ1n) is 14.2. The SMILES string of the molecule is CCCCCCCCCCc1ccccc1[O-].CCCCCCCCCCc1ccccc1[O-].[Ca+2]. The van der Waals surface area contributed by atoms with Gasteiger partial charge in [0.25, 0.3) is 0 Å². The van der Waals surface area contributed by atoms with E-state index in [1.807, 2.05) is 36.4 Å². The summed E-state index contributed by atoms with van der Waals surface area (Å²) in [5.41, 5.74) is 1.97. The molecule has 0 fully saturated rings. The maximum Gasteiger partial charge on any atom is 2.00 e. The van der Waals surface area contributed by atoms with Crippen molar-refractivity contribution in [3.63, 3.8) is 0 Å². The number of unbranched alkanes of at least 4 members (excludes halogenated alkanes) is 14. The number of para-hydroxylation sites is 2. The minimum atomic E-state index is 0. The molecule has 0 aromatic heterocycles. The standard InChI is InChI=1S/2C16H26O.Ca/c2*1-2-3-4-5-6-7-8-9-12-15-13-10-11-14-16(15)17;/h2*10-11,13-14,17H,2-9,12H2,1H3;/q;;+2/p-2. The Hall–Kier alpha value is -0.700. The zero-order valence-electron chi connectivity index (χ0n) is 22.9. The second-order valence-electron chi connectivity index (χ2n) is 9.67. The predicted octanol–water partition coefficient (Wildman–Crippen LogP) is 8.51. The van der Waals surface area contributed by atoms with E-state index in [4.69, 9.17) is 0 Å². The molecule has 2 nitrogen and oxygen atoms in total. The Morgan fingerprint density at radius 3 is 1.03 bits per heavy atom. The fourth-order valence-electron chi connectivity index (χ4n) is 4.32. The van der Waals surface area contributed by atoms with Crippen LogP contribution in [0.2, 0.25) is 0 Å². The normalized spacial score (nSPS) is 10.3. The predicted molar refractivity (Wildman–Crippen MR) is 150 cm³/mol. The van der Waals surface area contributed by atoms with Crippen LogP contribution in [-0.4, -0.2) is 37.7 Å². The first-order valence-corrected chi connectivity index (χ1v) is 14.2. The van der Waals surface area contributed by atoms with Crippen LogP contribution in [0.15, 0.2) is 48.5 Å². The fourth-order valence-corrected chi connectivity index (χ4v) is 4.32. The topological polar surface area (TPSA) is 46.1 Å². The van der Waals surface area contributed by atoms with Crippen molar-refractivity contribution < 1.29 is 10.2 Å². The second-order valence-corrected chi connectivity index (χ2v) is 9.67. The molecule has 2 aromatic rings. The molecule has 0 aliphatic rings. The molecule has 0 radical (unpaired) electrons. The van der Waals surface area contributed by atoms with Crippen molar-refractivity contribution in [1.82, 2.24) is 0 Å². The van der Waals surface area contributed by atoms with E-state index < -0.39 is 0 Å². The molecule has 2 rings (SSSR count). The number of rotatable bonds is 18. The molecule has 0 aliphatic heterocycles. The van der Waals surface area contributed by atoms with Crippen molar-refractivity contribution in [2.24, 2.45) is 0 Å². The van der Waals surface area contributed by atoms with Gasteiger partial charge in [0, 0.05) is 0 Å². The summed E-state index contributed by atoms with van der Waals surface area (Å²) in [5, 5.41) is 22.9. The Bertz CT molecular complexity index is 655. The van der Waals surface area contributed by atoms with E-state index in [0.717, 1.165) is 36.8 Å². The Balaban J connectivity index is 0.000000642. The largest absolute Gasteiger partial charge is 2.00 e. The molecule has 0 spiro atoms. The number of aryl methyl sites for hydroxylation is 2. The van der Waals surface area contributed by atoms with Crippen molar-refractivity contribution in [3.8, 4) is 11.5 Å². The molecule has 0 heterocycles. The molecule has 0 saturated carbocycles. The van der Waals surface area contributed by atoms with Gasteiger partial charge < -0.3 is 10.2 Å². The molecule has 0 N–H and O–H groups in total. The van der Waals surface area contributed by atoms with Crippen LogP contribution in [-0.2, 0) is 12.8 Å². The van der Waals surface area contributed by atoms with E-state index in [9.17, 15) is 10.2 Å². The summed E-state index contributed by atoms with van der Waals surface area (Å²) in [5.74, 6) is 0.408. The van der Waals surface area contributed by atoms with Crippen molar-refractivity contribution in [2.75, 3.05) is 0 Å². The van der Waals surface area contributed by atoms with Crippen LogP contribution >= 0.6 is 0 Å². The zero-order chi connectivity index (χ0) is 24.7. The molecular formula is C32H50CaO2. The van der Waals surface area contributed by atoms with Crippen molar-refractivity contribution in [1.29, 1.82) is 0 Å². The molecule has 0 atom stereocenters. The fraction of sp³-hybridized carbons (Fsp3) is 0.625. The van der Waals surface area contributed by atoms with Gasteiger partial charge in [-0.3, -0.25) is 0 Å². The molecule has 192 valence electrons. The maximum absolute atomic E-state index is 11.5. The van der Waals surface area contributed by atoms with Gasteiger partial charge in [-0.15, -0.1) is 11.5 Å². The minimum absolute atomic E-state index is 0. The quantitative estimate of drug-likeness (QED) is 0.150. The summed E-state index contributed by atoms with van der Waals surface area (Å²) in [7, 11) is 0. The molecule has 0 amide bonds. The van der Waals surface area contributed by atoms with Gasteiger partial charge in [-0.05, 0) is 25.7 Å². The summed E-state index contributed by atoms with van der Waals surface area (Å²) in [6, 6.07) is 14.8. The molecule has 0 unspecified atom stereocenters. The summed E-state index contributed by atoms with van der Waals surface area (Å²) >= 11 is 0. The van der Waals surface area contributed by atoms with Gasteiger partial charge in [-0.1, -0.05) is 163 Å². The average Bonchev–Trinajstić information content (AvgIpc) is 2.85. The molecule has 3 heteroatoms. The van der Waals surface area contributed by atoms with Crippen molar-refractivity contribution in [2.45, 2.75) is 129 Å². The molecule has 2 aromatic carbocycles. The number of hydrogen-bond donors (Lipinski definition) is 0. The summed E-state index contributed by atoms with van der Waals surface area (Å²) in [4.78, 5) is 0. The van der Waals surface area contributed by atoms with Gasteiger partial charge in [-0.2, -0.15) is 0 Å². The third kappa shape index (κ3) is 19.1. The van der Waals surface area contributed by atoms with E-state index in [1.54, 1.807) is 12.1 Å². The molecule has 35 heavy (non-hydrogen) atoms. The van der Waals surface area contributed by atoms with Crippen molar-refractivity contribution >= 4 is 37.7 Å². The van der Waals surface area contributed by atoms with Gasteiger partial charge in [0.05, 0.1) is 0 Å². The first kappa shape index (κ1) is 34.3. The van der Waals surface area contributed by atoms with E-state index in [1.165, 1.54) is 89.9 Å². The molecule has 0 saturated heterocycles. The monoisotopic (exact) mass is 506 g/mol. The van der Waals surface area contributed by atoms with Crippen LogP contribution in [0.4, 0.5) is 0 Å². The average molecular weight is 507 g/mol. The van der Waals surface area contributed by atoms with Crippen LogP contribution in [0.25, 0.3) is 0 Å². The summed E-state index contributed by atoms with van der Waals surface area (Å²) in [6.45, 7) is 4.50. The van der Waals surface area contributed by atoms with Crippen LogP contribution in [0.1, 0.15) is 128 Å². The van der Waals surface area contributed by atoms with E-state index >= 15 is 0 Å². The molecule has 0 aliphatic carbocycles. The first-order chi connectivity index (χ1) is 16.7. The van der Waals surface area contributed by atoms with E-state index in [-0.39, 0.29) is 49.2 Å². The number of benzene rings is 2.